The molecule has 4 heteroatoms. The molecule has 3 atom stereocenters. The summed E-state index contributed by atoms with van der Waals surface area (Å²) in [5.41, 5.74) is 1.22. The molecule has 0 aromatic heterocycles. The number of carbonyl (C=O) groups excluding carboxylic acids is 1. The Balaban J connectivity index is 2.15. The molecule has 0 radical (unpaired) electrons. The third-order valence-electron chi connectivity index (χ3n) is 3.73. The topological polar surface area (TPSA) is 44.8 Å². The number of methoxy groups -OCH3 is 1. The van der Waals surface area contributed by atoms with Crippen molar-refractivity contribution in [2.75, 3.05) is 13.7 Å². The minimum atomic E-state index is -0.523. The molecule has 21 heavy (non-hydrogen) atoms. The summed E-state index contributed by atoms with van der Waals surface area (Å²) in [6.07, 6.45) is 2.94. The summed E-state index contributed by atoms with van der Waals surface area (Å²) in [5.74, 6) is -0.269. The van der Waals surface area contributed by atoms with E-state index in [0.29, 0.717) is 6.61 Å². The number of benzene rings is 1. The Labute approximate surface area is 125 Å². The molecule has 1 aromatic rings. The van der Waals surface area contributed by atoms with E-state index >= 15 is 0 Å². The van der Waals surface area contributed by atoms with Gasteiger partial charge in [0.1, 0.15) is 0 Å². The lowest BCUT2D eigenvalue weighted by Crippen LogP contribution is -2.39. The standard InChI is InChI=1S/C17H22O4/c1-3-15(18)21-16-14(10-7-11-20-17(16)19-2)12-13-8-5-4-6-9-13/h3-6,8-9,14,16-17H,1,7,10-12H2,2H3/t14-,16-,17?/m0/s1. The molecule has 1 unspecified atom stereocenters. The van der Waals surface area contributed by atoms with Crippen LogP contribution in [0.2, 0.25) is 0 Å². The third kappa shape index (κ3) is 4.41. The van der Waals surface area contributed by atoms with E-state index in [1.54, 1.807) is 7.11 Å². The van der Waals surface area contributed by atoms with Crippen LogP contribution in [0.25, 0.3) is 0 Å². The molecule has 1 saturated heterocycles. The summed E-state index contributed by atoms with van der Waals surface area (Å²) in [6.45, 7) is 4.07. The van der Waals surface area contributed by atoms with Crippen molar-refractivity contribution < 1.29 is 19.0 Å². The first-order chi connectivity index (χ1) is 10.2. The lowest BCUT2D eigenvalue weighted by molar-refractivity contribution is -0.200. The Morgan fingerprint density at radius 1 is 1.43 bits per heavy atom. The lowest BCUT2D eigenvalue weighted by Gasteiger charge is -2.29. The summed E-state index contributed by atoms with van der Waals surface area (Å²) >= 11 is 0. The number of rotatable bonds is 5. The Bertz CT molecular complexity index is 457. The zero-order valence-corrected chi connectivity index (χ0v) is 12.4. The number of hydrogen-bond acceptors (Lipinski definition) is 4. The van der Waals surface area contributed by atoms with Crippen LogP contribution in [0.3, 0.4) is 0 Å². The van der Waals surface area contributed by atoms with Gasteiger partial charge < -0.3 is 14.2 Å². The highest BCUT2D eigenvalue weighted by Gasteiger charge is 2.35. The van der Waals surface area contributed by atoms with Crippen LogP contribution in [-0.2, 0) is 25.4 Å². The number of ether oxygens (including phenoxy) is 3. The van der Waals surface area contributed by atoms with Crippen LogP contribution < -0.4 is 0 Å². The zero-order chi connectivity index (χ0) is 15.1. The van der Waals surface area contributed by atoms with Gasteiger partial charge in [0.05, 0.1) is 0 Å². The van der Waals surface area contributed by atoms with Crippen molar-refractivity contribution in [3.63, 3.8) is 0 Å². The van der Waals surface area contributed by atoms with E-state index in [-0.39, 0.29) is 5.92 Å². The van der Waals surface area contributed by atoms with E-state index in [4.69, 9.17) is 14.2 Å². The number of hydrogen-bond donors (Lipinski definition) is 0. The second-order valence-electron chi connectivity index (χ2n) is 5.17. The van der Waals surface area contributed by atoms with Gasteiger partial charge in [-0.05, 0) is 24.8 Å². The maximum Gasteiger partial charge on any atom is 0.330 e. The summed E-state index contributed by atoms with van der Waals surface area (Å²) in [6, 6.07) is 10.2. The van der Waals surface area contributed by atoms with Crippen LogP contribution in [0.4, 0.5) is 0 Å². The van der Waals surface area contributed by atoms with E-state index < -0.39 is 18.4 Å². The molecular formula is C17H22O4. The van der Waals surface area contributed by atoms with Gasteiger partial charge >= 0.3 is 5.97 Å². The van der Waals surface area contributed by atoms with Crippen LogP contribution in [0.1, 0.15) is 18.4 Å². The number of carbonyl (C=O) groups is 1. The second-order valence-corrected chi connectivity index (χ2v) is 5.17. The van der Waals surface area contributed by atoms with Crippen LogP contribution >= 0.6 is 0 Å². The van der Waals surface area contributed by atoms with E-state index in [2.05, 4.69) is 18.7 Å². The van der Waals surface area contributed by atoms with Crippen LogP contribution in [0, 0.1) is 5.92 Å². The molecule has 2 rings (SSSR count). The normalized spacial score (nSPS) is 25.9. The van der Waals surface area contributed by atoms with Gasteiger partial charge in [0.2, 0.25) is 0 Å². The largest absolute Gasteiger partial charge is 0.453 e. The van der Waals surface area contributed by atoms with Crippen molar-refractivity contribution in [3.8, 4) is 0 Å². The summed E-state index contributed by atoms with van der Waals surface area (Å²) in [5, 5.41) is 0. The predicted molar refractivity (Wildman–Crippen MR) is 79.7 cm³/mol. The lowest BCUT2D eigenvalue weighted by atomic mass is 9.90. The van der Waals surface area contributed by atoms with Gasteiger partial charge in [-0.15, -0.1) is 0 Å². The van der Waals surface area contributed by atoms with E-state index in [1.165, 1.54) is 11.6 Å². The summed E-state index contributed by atoms with van der Waals surface area (Å²) in [7, 11) is 1.57. The fourth-order valence-corrected chi connectivity index (χ4v) is 2.70. The van der Waals surface area contributed by atoms with Crippen molar-refractivity contribution in [2.45, 2.75) is 31.7 Å². The molecule has 1 heterocycles. The molecule has 0 saturated carbocycles. The molecule has 1 aliphatic rings. The van der Waals surface area contributed by atoms with Gasteiger partial charge in [0, 0.05) is 25.7 Å². The van der Waals surface area contributed by atoms with Gasteiger partial charge in [0.15, 0.2) is 12.4 Å². The Hall–Kier alpha value is -1.65. The monoisotopic (exact) mass is 290 g/mol. The average molecular weight is 290 g/mol. The van der Waals surface area contributed by atoms with Crippen molar-refractivity contribution in [1.82, 2.24) is 0 Å². The van der Waals surface area contributed by atoms with Crippen molar-refractivity contribution in [1.29, 1.82) is 0 Å². The average Bonchev–Trinajstić information content (AvgIpc) is 2.71. The van der Waals surface area contributed by atoms with Gasteiger partial charge in [-0.3, -0.25) is 0 Å². The fourth-order valence-electron chi connectivity index (χ4n) is 2.70. The molecule has 0 bridgehead atoms. The molecule has 1 fully saturated rings. The predicted octanol–water partition coefficient (Wildman–Crippen LogP) is 2.73. The van der Waals surface area contributed by atoms with Crippen LogP contribution in [-0.4, -0.2) is 32.1 Å². The Morgan fingerprint density at radius 2 is 2.19 bits per heavy atom. The van der Waals surface area contributed by atoms with E-state index in [9.17, 15) is 4.79 Å². The van der Waals surface area contributed by atoms with Crippen molar-refractivity contribution >= 4 is 5.97 Å². The molecule has 0 spiro atoms. The molecule has 0 aliphatic carbocycles. The minimum absolute atomic E-state index is 0.170. The first-order valence-corrected chi connectivity index (χ1v) is 7.26. The molecule has 0 N–H and O–H groups in total. The first kappa shape index (κ1) is 15.7. The third-order valence-corrected chi connectivity index (χ3v) is 3.73. The van der Waals surface area contributed by atoms with Gasteiger partial charge in [0.25, 0.3) is 0 Å². The van der Waals surface area contributed by atoms with Crippen LogP contribution in [0.15, 0.2) is 43.0 Å². The quantitative estimate of drug-likeness (QED) is 0.618. The van der Waals surface area contributed by atoms with Crippen molar-refractivity contribution in [3.05, 3.63) is 48.6 Å². The molecule has 4 nitrogen and oxygen atoms in total. The van der Waals surface area contributed by atoms with Crippen LogP contribution in [0.5, 0.6) is 0 Å². The maximum atomic E-state index is 11.6. The van der Waals surface area contributed by atoms with Crippen molar-refractivity contribution in [2.24, 2.45) is 5.92 Å². The summed E-state index contributed by atoms with van der Waals surface area (Å²) < 4.78 is 16.5. The van der Waals surface area contributed by atoms with Gasteiger partial charge in [-0.25, -0.2) is 4.79 Å². The smallest absolute Gasteiger partial charge is 0.330 e. The SMILES string of the molecule is C=CC(=O)O[C@@H]1C(OC)OCCC[C@H]1Cc1ccccc1. The minimum Gasteiger partial charge on any atom is -0.453 e. The molecule has 114 valence electrons. The molecule has 1 aromatic carbocycles. The summed E-state index contributed by atoms with van der Waals surface area (Å²) in [4.78, 5) is 11.6. The van der Waals surface area contributed by atoms with Gasteiger partial charge in [-0.1, -0.05) is 36.9 Å². The molecule has 1 aliphatic heterocycles. The second kappa shape index (κ2) is 7.96. The highest BCUT2D eigenvalue weighted by molar-refractivity contribution is 5.81. The zero-order valence-electron chi connectivity index (χ0n) is 12.4. The first-order valence-electron chi connectivity index (χ1n) is 7.26. The highest BCUT2D eigenvalue weighted by atomic mass is 16.7. The van der Waals surface area contributed by atoms with Gasteiger partial charge in [-0.2, -0.15) is 0 Å². The van der Waals surface area contributed by atoms with E-state index in [1.807, 2.05) is 18.2 Å². The Kier molecular flexibility index (Phi) is 5.96. The van der Waals surface area contributed by atoms with E-state index in [0.717, 1.165) is 19.3 Å². The number of esters is 1. The Morgan fingerprint density at radius 3 is 2.86 bits per heavy atom. The molecular weight excluding hydrogens is 268 g/mol. The maximum absolute atomic E-state index is 11.6. The molecule has 0 amide bonds. The fraction of sp³-hybridized carbons (Fsp3) is 0.471. The highest BCUT2D eigenvalue weighted by Crippen LogP contribution is 2.27.